The Balaban J connectivity index is 2.45. The Kier molecular flexibility index (Phi) is 4.41. The first-order valence-corrected chi connectivity index (χ1v) is 7.43. The van der Waals surface area contributed by atoms with Crippen LogP contribution in [-0.4, -0.2) is 24.9 Å². The Morgan fingerprint density at radius 3 is 2.53 bits per heavy atom. The van der Waals surface area contributed by atoms with Gasteiger partial charge in [-0.25, -0.2) is 0 Å². The Hall–Kier alpha value is -0.740. The highest BCUT2D eigenvalue weighted by molar-refractivity contribution is 9.10. The van der Waals surface area contributed by atoms with E-state index in [0.717, 1.165) is 34.4 Å². The van der Waals surface area contributed by atoms with Crippen molar-refractivity contribution < 1.29 is 14.6 Å². The van der Waals surface area contributed by atoms with Gasteiger partial charge in [0.25, 0.3) is 0 Å². The van der Waals surface area contributed by atoms with Crippen LogP contribution in [-0.2, 0) is 5.41 Å². The zero-order valence-electron chi connectivity index (χ0n) is 11.7. The minimum Gasteiger partial charge on any atom is -0.493 e. The molecule has 1 aromatic carbocycles. The first-order chi connectivity index (χ1) is 8.97. The standard InChI is InChI=1S/C15H21BrO3/c1-15(2,9-17)12-7-10(16)8-13(18-3)14(12)19-11-5-4-6-11/h7-8,11,17H,4-6,9H2,1-3H3. The number of methoxy groups -OCH3 is 1. The van der Waals surface area contributed by atoms with Crippen LogP contribution in [0.2, 0.25) is 0 Å². The number of aliphatic hydroxyl groups excluding tert-OH is 1. The molecule has 0 amide bonds. The molecule has 1 N–H and O–H groups in total. The summed E-state index contributed by atoms with van der Waals surface area (Å²) in [6.07, 6.45) is 3.70. The highest BCUT2D eigenvalue weighted by Gasteiger charge is 2.29. The van der Waals surface area contributed by atoms with Gasteiger partial charge in [-0.1, -0.05) is 29.8 Å². The lowest BCUT2D eigenvalue weighted by Crippen LogP contribution is -2.28. The summed E-state index contributed by atoms with van der Waals surface area (Å²) in [6.45, 7) is 4.07. The molecule has 0 aliphatic heterocycles. The van der Waals surface area contributed by atoms with E-state index in [4.69, 9.17) is 9.47 Å². The van der Waals surface area contributed by atoms with E-state index >= 15 is 0 Å². The van der Waals surface area contributed by atoms with Gasteiger partial charge in [0.15, 0.2) is 11.5 Å². The first kappa shape index (κ1) is 14.7. The van der Waals surface area contributed by atoms with Crippen molar-refractivity contribution in [3.05, 3.63) is 22.2 Å². The van der Waals surface area contributed by atoms with Crippen molar-refractivity contribution in [3.8, 4) is 11.5 Å². The zero-order valence-corrected chi connectivity index (χ0v) is 13.3. The summed E-state index contributed by atoms with van der Waals surface area (Å²) in [5, 5.41) is 9.62. The quantitative estimate of drug-likeness (QED) is 0.896. The maximum absolute atomic E-state index is 9.62. The van der Waals surface area contributed by atoms with Crippen LogP contribution in [0.5, 0.6) is 11.5 Å². The number of rotatable bonds is 5. The normalized spacial score (nSPS) is 16.1. The van der Waals surface area contributed by atoms with Crippen molar-refractivity contribution in [1.29, 1.82) is 0 Å². The second-order valence-corrected chi connectivity index (χ2v) is 6.61. The Bertz CT molecular complexity index is 453. The number of benzene rings is 1. The second kappa shape index (κ2) is 5.71. The highest BCUT2D eigenvalue weighted by Crippen LogP contribution is 2.43. The van der Waals surface area contributed by atoms with Crippen LogP contribution in [0.25, 0.3) is 0 Å². The molecule has 1 aliphatic rings. The summed E-state index contributed by atoms with van der Waals surface area (Å²) in [6, 6.07) is 3.91. The van der Waals surface area contributed by atoms with Crippen molar-refractivity contribution in [2.45, 2.75) is 44.6 Å². The van der Waals surface area contributed by atoms with Crippen molar-refractivity contribution in [3.63, 3.8) is 0 Å². The van der Waals surface area contributed by atoms with Crippen LogP contribution in [0, 0.1) is 0 Å². The van der Waals surface area contributed by atoms with E-state index < -0.39 is 0 Å². The van der Waals surface area contributed by atoms with Gasteiger partial charge < -0.3 is 14.6 Å². The summed E-state index contributed by atoms with van der Waals surface area (Å²) in [5.41, 5.74) is 0.615. The summed E-state index contributed by atoms with van der Waals surface area (Å²) in [7, 11) is 1.64. The van der Waals surface area contributed by atoms with Gasteiger partial charge in [-0.15, -0.1) is 0 Å². The molecule has 0 aromatic heterocycles. The van der Waals surface area contributed by atoms with Crippen molar-refractivity contribution >= 4 is 15.9 Å². The van der Waals surface area contributed by atoms with E-state index in [0.29, 0.717) is 0 Å². The molecule has 1 aromatic rings. The first-order valence-electron chi connectivity index (χ1n) is 6.63. The third kappa shape index (κ3) is 3.06. The summed E-state index contributed by atoms with van der Waals surface area (Å²) in [5.74, 6) is 1.49. The summed E-state index contributed by atoms with van der Waals surface area (Å²) < 4.78 is 12.5. The van der Waals surface area contributed by atoms with E-state index in [1.807, 2.05) is 26.0 Å². The Morgan fingerprint density at radius 1 is 1.37 bits per heavy atom. The predicted molar refractivity (Wildman–Crippen MR) is 79.1 cm³/mol. The average Bonchev–Trinajstić information content (AvgIpc) is 2.33. The molecule has 0 saturated heterocycles. The smallest absolute Gasteiger partial charge is 0.165 e. The van der Waals surface area contributed by atoms with Crippen molar-refractivity contribution in [1.82, 2.24) is 0 Å². The molecule has 0 bridgehead atoms. The fourth-order valence-corrected chi connectivity index (χ4v) is 2.52. The molecule has 0 radical (unpaired) electrons. The Morgan fingerprint density at radius 2 is 2.05 bits per heavy atom. The zero-order chi connectivity index (χ0) is 14.0. The van der Waals surface area contributed by atoms with Gasteiger partial charge in [0.05, 0.1) is 19.8 Å². The van der Waals surface area contributed by atoms with Gasteiger partial charge in [0.1, 0.15) is 0 Å². The van der Waals surface area contributed by atoms with Gasteiger partial charge in [-0.3, -0.25) is 0 Å². The van der Waals surface area contributed by atoms with Gasteiger partial charge in [0.2, 0.25) is 0 Å². The number of hydrogen-bond donors (Lipinski definition) is 1. The van der Waals surface area contributed by atoms with Crippen molar-refractivity contribution in [2.75, 3.05) is 13.7 Å². The number of hydrogen-bond acceptors (Lipinski definition) is 3. The molecule has 0 atom stereocenters. The topological polar surface area (TPSA) is 38.7 Å². The lowest BCUT2D eigenvalue weighted by molar-refractivity contribution is 0.111. The van der Waals surface area contributed by atoms with E-state index in [1.165, 1.54) is 6.42 Å². The van der Waals surface area contributed by atoms with Crippen LogP contribution in [0.15, 0.2) is 16.6 Å². The maximum Gasteiger partial charge on any atom is 0.165 e. The molecular weight excluding hydrogens is 308 g/mol. The van der Waals surface area contributed by atoms with Crippen LogP contribution in [0.3, 0.4) is 0 Å². The molecule has 19 heavy (non-hydrogen) atoms. The van der Waals surface area contributed by atoms with E-state index in [9.17, 15) is 5.11 Å². The van der Waals surface area contributed by atoms with E-state index in [2.05, 4.69) is 15.9 Å². The average molecular weight is 329 g/mol. The second-order valence-electron chi connectivity index (χ2n) is 5.70. The van der Waals surface area contributed by atoms with Crippen LogP contribution >= 0.6 is 15.9 Å². The monoisotopic (exact) mass is 328 g/mol. The molecule has 0 unspecified atom stereocenters. The Labute approximate surface area is 123 Å². The van der Waals surface area contributed by atoms with Gasteiger partial charge in [0, 0.05) is 15.5 Å². The summed E-state index contributed by atoms with van der Waals surface area (Å²) >= 11 is 3.49. The molecule has 3 nitrogen and oxygen atoms in total. The number of ether oxygens (including phenoxy) is 2. The molecule has 4 heteroatoms. The summed E-state index contributed by atoms with van der Waals surface area (Å²) in [4.78, 5) is 0. The predicted octanol–water partition coefficient (Wildman–Crippen LogP) is 3.66. The third-order valence-corrected chi connectivity index (χ3v) is 4.16. The molecule has 1 aliphatic carbocycles. The van der Waals surface area contributed by atoms with E-state index in [1.54, 1.807) is 7.11 Å². The molecule has 1 saturated carbocycles. The third-order valence-electron chi connectivity index (χ3n) is 3.70. The minimum absolute atomic E-state index is 0.0631. The molecular formula is C15H21BrO3. The molecule has 0 spiro atoms. The molecule has 2 rings (SSSR count). The maximum atomic E-state index is 9.62. The molecule has 0 heterocycles. The van der Waals surface area contributed by atoms with E-state index in [-0.39, 0.29) is 18.1 Å². The highest BCUT2D eigenvalue weighted by atomic mass is 79.9. The largest absolute Gasteiger partial charge is 0.493 e. The van der Waals surface area contributed by atoms with Gasteiger partial charge >= 0.3 is 0 Å². The molecule has 106 valence electrons. The van der Waals surface area contributed by atoms with Crippen molar-refractivity contribution in [2.24, 2.45) is 0 Å². The SMILES string of the molecule is COc1cc(Br)cc(C(C)(C)CO)c1OC1CCC1. The number of aliphatic hydroxyl groups is 1. The number of halogens is 1. The lowest BCUT2D eigenvalue weighted by atomic mass is 9.84. The van der Waals surface area contributed by atoms with Crippen LogP contribution in [0.4, 0.5) is 0 Å². The molecule has 1 fully saturated rings. The van der Waals surface area contributed by atoms with Gasteiger partial charge in [-0.05, 0) is 31.4 Å². The van der Waals surface area contributed by atoms with Crippen LogP contribution in [0.1, 0.15) is 38.7 Å². The van der Waals surface area contributed by atoms with Gasteiger partial charge in [-0.2, -0.15) is 0 Å². The lowest BCUT2D eigenvalue weighted by Gasteiger charge is -2.32. The minimum atomic E-state index is -0.365. The fraction of sp³-hybridized carbons (Fsp3) is 0.600. The fourth-order valence-electron chi connectivity index (χ4n) is 2.08. The van der Waals surface area contributed by atoms with Crippen LogP contribution < -0.4 is 9.47 Å².